The van der Waals surface area contributed by atoms with Gasteiger partial charge in [-0.3, -0.25) is 0 Å². The standard InChI is InChI=1S/C16H23NO2/c1-4-5-6-11-7-12-8-14-15(19-10-18-14)9-13(12)16(11)17(2)3/h8-9,11,16H,4-7,10H2,1-3H3/t11-,16-/m1/s1. The Morgan fingerprint density at radius 2 is 1.95 bits per heavy atom. The highest BCUT2D eigenvalue weighted by Crippen LogP contribution is 2.46. The average molecular weight is 261 g/mol. The van der Waals surface area contributed by atoms with Crippen LogP contribution in [0, 0.1) is 5.92 Å². The number of nitrogens with zero attached hydrogens (tertiary/aromatic N) is 1. The van der Waals surface area contributed by atoms with E-state index >= 15 is 0 Å². The minimum atomic E-state index is 0.365. The van der Waals surface area contributed by atoms with Crippen LogP contribution in [-0.2, 0) is 6.42 Å². The topological polar surface area (TPSA) is 21.7 Å². The second-order valence-corrected chi connectivity index (χ2v) is 5.92. The third kappa shape index (κ3) is 2.20. The summed E-state index contributed by atoms with van der Waals surface area (Å²) < 4.78 is 11.0. The van der Waals surface area contributed by atoms with Crippen molar-refractivity contribution in [3.05, 3.63) is 23.3 Å². The largest absolute Gasteiger partial charge is 0.454 e. The molecule has 2 aliphatic rings. The van der Waals surface area contributed by atoms with Crippen molar-refractivity contribution in [1.29, 1.82) is 0 Å². The van der Waals surface area contributed by atoms with Crippen LogP contribution in [0.15, 0.2) is 12.1 Å². The lowest BCUT2D eigenvalue weighted by Gasteiger charge is -2.27. The van der Waals surface area contributed by atoms with Crippen molar-refractivity contribution in [2.45, 2.75) is 38.6 Å². The summed E-state index contributed by atoms with van der Waals surface area (Å²) in [5.41, 5.74) is 2.89. The predicted octanol–water partition coefficient (Wildman–Crippen LogP) is 3.38. The lowest BCUT2D eigenvalue weighted by atomic mass is 9.94. The summed E-state index contributed by atoms with van der Waals surface area (Å²) in [5.74, 6) is 2.57. The van der Waals surface area contributed by atoms with E-state index in [4.69, 9.17) is 9.47 Å². The summed E-state index contributed by atoms with van der Waals surface area (Å²) in [6.07, 6.45) is 5.07. The molecule has 0 bridgehead atoms. The van der Waals surface area contributed by atoms with E-state index in [0.717, 1.165) is 17.4 Å². The molecule has 0 amide bonds. The molecule has 2 atom stereocenters. The van der Waals surface area contributed by atoms with Gasteiger partial charge >= 0.3 is 0 Å². The Bertz CT molecular complexity index is 470. The molecule has 0 saturated carbocycles. The maximum Gasteiger partial charge on any atom is 0.231 e. The summed E-state index contributed by atoms with van der Waals surface area (Å²) in [7, 11) is 4.37. The number of rotatable bonds is 4. The van der Waals surface area contributed by atoms with Crippen LogP contribution in [0.4, 0.5) is 0 Å². The Balaban J connectivity index is 1.91. The quantitative estimate of drug-likeness (QED) is 0.829. The number of unbranched alkanes of at least 4 members (excludes halogenated alkanes) is 1. The third-order valence-corrected chi connectivity index (χ3v) is 4.37. The molecule has 1 aromatic rings. The Morgan fingerprint density at radius 3 is 2.63 bits per heavy atom. The lowest BCUT2D eigenvalue weighted by Crippen LogP contribution is -2.24. The highest BCUT2D eigenvalue weighted by molar-refractivity contribution is 5.51. The molecule has 3 rings (SSSR count). The number of benzene rings is 1. The molecule has 1 aromatic carbocycles. The van der Waals surface area contributed by atoms with Crippen LogP contribution in [0.3, 0.4) is 0 Å². The maximum absolute atomic E-state index is 5.53. The molecule has 3 nitrogen and oxygen atoms in total. The molecule has 0 spiro atoms. The number of ether oxygens (including phenoxy) is 2. The minimum Gasteiger partial charge on any atom is -0.454 e. The van der Waals surface area contributed by atoms with Crippen molar-refractivity contribution in [3.8, 4) is 11.5 Å². The number of hydrogen-bond donors (Lipinski definition) is 0. The molecular formula is C16H23NO2. The molecule has 0 fully saturated rings. The van der Waals surface area contributed by atoms with E-state index in [1.165, 1.54) is 36.8 Å². The summed E-state index contributed by atoms with van der Waals surface area (Å²) in [5, 5.41) is 0. The van der Waals surface area contributed by atoms with Crippen LogP contribution >= 0.6 is 0 Å². The van der Waals surface area contributed by atoms with Gasteiger partial charge in [0.15, 0.2) is 11.5 Å². The zero-order valence-corrected chi connectivity index (χ0v) is 12.1. The number of fused-ring (bicyclic) bond motifs is 2. The molecule has 0 radical (unpaired) electrons. The SMILES string of the molecule is CCCC[C@@H]1Cc2cc3c(cc2[C@@H]1N(C)C)OCO3. The summed E-state index contributed by atoms with van der Waals surface area (Å²) >= 11 is 0. The first kappa shape index (κ1) is 12.8. The highest BCUT2D eigenvalue weighted by Gasteiger charge is 2.35. The first-order valence-corrected chi connectivity index (χ1v) is 7.29. The van der Waals surface area contributed by atoms with Crippen LogP contribution in [0.25, 0.3) is 0 Å². The van der Waals surface area contributed by atoms with Crippen LogP contribution < -0.4 is 9.47 Å². The smallest absolute Gasteiger partial charge is 0.231 e. The van der Waals surface area contributed by atoms with E-state index in [-0.39, 0.29) is 0 Å². The van der Waals surface area contributed by atoms with Crippen molar-refractivity contribution >= 4 is 0 Å². The van der Waals surface area contributed by atoms with Crippen LogP contribution in [0.2, 0.25) is 0 Å². The monoisotopic (exact) mass is 261 g/mol. The molecule has 0 saturated heterocycles. The molecule has 1 aliphatic heterocycles. The molecular weight excluding hydrogens is 238 g/mol. The van der Waals surface area contributed by atoms with Crippen molar-refractivity contribution in [1.82, 2.24) is 4.90 Å². The van der Waals surface area contributed by atoms with Crippen LogP contribution in [0.1, 0.15) is 43.4 Å². The van der Waals surface area contributed by atoms with Gasteiger partial charge in [0.1, 0.15) is 0 Å². The average Bonchev–Trinajstić information content (AvgIpc) is 2.95. The first-order chi connectivity index (χ1) is 9.20. The van der Waals surface area contributed by atoms with Gasteiger partial charge in [-0.15, -0.1) is 0 Å². The van der Waals surface area contributed by atoms with E-state index in [0.29, 0.717) is 12.8 Å². The zero-order valence-electron chi connectivity index (χ0n) is 12.1. The van der Waals surface area contributed by atoms with Crippen LogP contribution in [0.5, 0.6) is 11.5 Å². The first-order valence-electron chi connectivity index (χ1n) is 7.29. The molecule has 19 heavy (non-hydrogen) atoms. The summed E-state index contributed by atoms with van der Waals surface area (Å²) in [4.78, 5) is 2.36. The fraction of sp³-hybridized carbons (Fsp3) is 0.625. The fourth-order valence-corrected chi connectivity index (χ4v) is 3.53. The Hall–Kier alpha value is -1.22. The van der Waals surface area contributed by atoms with E-state index in [1.54, 1.807) is 0 Å². The summed E-state index contributed by atoms with van der Waals surface area (Å²) in [6.45, 7) is 2.63. The van der Waals surface area contributed by atoms with Gasteiger partial charge in [0.05, 0.1) is 0 Å². The van der Waals surface area contributed by atoms with Crippen molar-refractivity contribution in [2.24, 2.45) is 5.92 Å². The molecule has 0 unspecified atom stereocenters. The molecule has 104 valence electrons. The molecule has 1 aliphatic carbocycles. The van der Waals surface area contributed by atoms with Gasteiger partial charge in [-0.1, -0.05) is 19.8 Å². The minimum absolute atomic E-state index is 0.365. The van der Waals surface area contributed by atoms with E-state index in [2.05, 4.69) is 38.1 Å². The third-order valence-electron chi connectivity index (χ3n) is 4.37. The van der Waals surface area contributed by atoms with Gasteiger partial charge in [-0.2, -0.15) is 0 Å². The maximum atomic E-state index is 5.53. The Kier molecular flexibility index (Phi) is 3.40. The van der Waals surface area contributed by atoms with Crippen molar-refractivity contribution < 1.29 is 9.47 Å². The lowest BCUT2D eigenvalue weighted by molar-refractivity contribution is 0.173. The number of hydrogen-bond acceptors (Lipinski definition) is 3. The van der Waals surface area contributed by atoms with E-state index in [1.807, 2.05) is 0 Å². The summed E-state index contributed by atoms with van der Waals surface area (Å²) in [6, 6.07) is 4.92. The Morgan fingerprint density at radius 1 is 1.21 bits per heavy atom. The molecule has 0 aromatic heterocycles. The molecule has 0 N–H and O–H groups in total. The second-order valence-electron chi connectivity index (χ2n) is 5.92. The van der Waals surface area contributed by atoms with Crippen LogP contribution in [-0.4, -0.2) is 25.8 Å². The highest BCUT2D eigenvalue weighted by atomic mass is 16.7. The van der Waals surface area contributed by atoms with E-state index < -0.39 is 0 Å². The van der Waals surface area contributed by atoms with Gasteiger partial charge in [0.25, 0.3) is 0 Å². The van der Waals surface area contributed by atoms with Gasteiger partial charge in [-0.25, -0.2) is 0 Å². The zero-order chi connectivity index (χ0) is 13.4. The fourth-order valence-electron chi connectivity index (χ4n) is 3.53. The molecule has 1 heterocycles. The Labute approximate surface area is 115 Å². The normalized spacial score (nSPS) is 24.0. The second kappa shape index (κ2) is 5.04. The van der Waals surface area contributed by atoms with Gasteiger partial charge < -0.3 is 14.4 Å². The predicted molar refractivity (Wildman–Crippen MR) is 75.7 cm³/mol. The van der Waals surface area contributed by atoms with Gasteiger partial charge in [0, 0.05) is 6.04 Å². The van der Waals surface area contributed by atoms with Gasteiger partial charge in [0.2, 0.25) is 6.79 Å². The van der Waals surface area contributed by atoms with Crippen molar-refractivity contribution in [3.63, 3.8) is 0 Å². The van der Waals surface area contributed by atoms with E-state index in [9.17, 15) is 0 Å². The molecule has 3 heteroatoms. The van der Waals surface area contributed by atoms with Crippen molar-refractivity contribution in [2.75, 3.05) is 20.9 Å². The van der Waals surface area contributed by atoms with Gasteiger partial charge in [-0.05, 0) is 56.1 Å².